The standard InChI is InChI=1S/C32H34N6O4/c1-20-16-23(40-3)7-8-26(20)37-13-11-24-25(17-21(2)34-31(24)37)30-33-12-10-29(35-30)38-15-14-36(32(38)39)19-22-6-9-27(41-4)28(18-22)42-5/h6-10,12,16-18H,11,13-15,19H2,1-5H3. The first kappa shape index (κ1) is 27.3. The number of nitrogens with zero attached hydrogens (tertiary/aromatic N) is 6. The molecule has 10 nitrogen and oxygen atoms in total. The van der Waals surface area contributed by atoms with Crippen molar-refractivity contribution in [2.45, 2.75) is 26.8 Å². The lowest BCUT2D eigenvalue weighted by atomic mass is 10.1. The number of anilines is 3. The van der Waals surface area contributed by atoms with E-state index in [1.54, 1.807) is 38.5 Å². The molecule has 0 unspecified atom stereocenters. The molecule has 0 bridgehead atoms. The first-order chi connectivity index (χ1) is 20.4. The molecule has 4 aromatic rings. The molecule has 1 fully saturated rings. The highest BCUT2D eigenvalue weighted by atomic mass is 16.5. The summed E-state index contributed by atoms with van der Waals surface area (Å²) in [4.78, 5) is 33.7. The number of aryl methyl sites for hydroxylation is 2. The quantitative estimate of drug-likeness (QED) is 0.283. The van der Waals surface area contributed by atoms with Gasteiger partial charge >= 0.3 is 6.03 Å². The predicted molar refractivity (Wildman–Crippen MR) is 161 cm³/mol. The van der Waals surface area contributed by atoms with Gasteiger partial charge in [0.05, 0.1) is 21.3 Å². The summed E-state index contributed by atoms with van der Waals surface area (Å²) in [6.07, 6.45) is 2.54. The van der Waals surface area contributed by atoms with Crippen LogP contribution >= 0.6 is 0 Å². The van der Waals surface area contributed by atoms with Crippen LogP contribution in [-0.2, 0) is 13.0 Å². The van der Waals surface area contributed by atoms with E-state index in [1.165, 1.54) is 0 Å². The van der Waals surface area contributed by atoms with Crippen molar-refractivity contribution >= 4 is 23.4 Å². The van der Waals surface area contributed by atoms with E-state index in [-0.39, 0.29) is 6.03 Å². The Labute approximate surface area is 245 Å². The fourth-order valence-corrected chi connectivity index (χ4v) is 5.74. The minimum Gasteiger partial charge on any atom is -0.497 e. The third-order valence-corrected chi connectivity index (χ3v) is 7.84. The van der Waals surface area contributed by atoms with Crippen LogP contribution in [-0.4, -0.2) is 66.8 Å². The van der Waals surface area contributed by atoms with E-state index in [0.717, 1.165) is 58.2 Å². The summed E-state index contributed by atoms with van der Waals surface area (Å²) in [5.74, 6) is 4.23. The zero-order valence-corrected chi connectivity index (χ0v) is 24.5. The molecule has 2 aromatic carbocycles. The molecule has 10 heteroatoms. The third-order valence-electron chi connectivity index (χ3n) is 7.84. The van der Waals surface area contributed by atoms with Crippen LogP contribution in [0.15, 0.2) is 54.7 Å². The summed E-state index contributed by atoms with van der Waals surface area (Å²) in [6, 6.07) is 15.5. The van der Waals surface area contributed by atoms with Gasteiger partial charge in [0.1, 0.15) is 17.4 Å². The van der Waals surface area contributed by atoms with Gasteiger partial charge in [-0.1, -0.05) is 6.07 Å². The fraction of sp³-hybridized carbons (Fsp3) is 0.312. The molecule has 42 heavy (non-hydrogen) atoms. The molecule has 6 rings (SSSR count). The summed E-state index contributed by atoms with van der Waals surface area (Å²) in [6.45, 7) is 6.47. The average Bonchev–Trinajstić information content (AvgIpc) is 3.59. The average molecular weight is 567 g/mol. The first-order valence-corrected chi connectivity index (χ1v) is 13.9. The second kappa shape index (κ2) is 11.2. The maximum Gasteiger partial charge on any atom is 0.326 e. The third kappa shape index (κ3) is 4.93. The zero-order chi connectivity index (χ0) is 29.4. The van der Waals surface area contributed by atoms with Gasteiger partial charge in [0.15, 0.2) is 17.3 Å². The number of carbonyl (C=O) groups is 1. The molecule has 1 saturated heterocycles. The molecule has 2 aliphatic heterocycles. The largest absolute Gasteiger partial charge is 0.497 e. The Morgan fingerprint density at radius 2 is 1.67 bits per heavy atom. The summed E-state index contributed by atoms with van der Waals surface area (Å²) in [5.41, 5.74) is 6.12. The fourth-order valence-electron chi connectivity index (χ4n) is 5.74. The van der Waals surface area contributed by atoms with Crippen molar-refractivity contribution in [2.24, 2.45) is 0 Å². The van der Waals surface area contributed by atoms with Gasteiger partial charge in [-0.25, -0.2) is 19.7 Å². The first-order valence-electron chi connectivity index (χ1n) is 13.9. The number of methoxy groups -OCH3 is 3. The van der Waals surface area contributed by atoms with E-state index in [0.29, 0.717) is 42.8 Å². The van der Waals surface area contributed by atoms with Crippen molar-refractivity contribution in [1.29, 1.82) is 0 Å². The Morgan fingerprint density at radius 1 is 0.833 bits per heavy atom. The van der Waals surface area contributed by atoms with Crippen molar-refractivity contribution in [3.63, 3.8) is 0 Å². The van der Waals surface area contributed by atoms with E-state index in [2.05, 4.69) is 22.9 Å². The Kier molecular flexibility index (Phi) is 7.28. The second-order valence-electron chi connectivity index (χ2n) is 10.5. The van der Waals surface area contributed by atoms with Crippen LogP contribution in [0.3, 0.4) is 0 Å². The van der Waals surface area contributed by atoms with E-state index in [4.69, 9.17) is 24.2 Å². The van der Waals surface area contributed by atoms with Crippen molar-refractivity contribution < 1.29 is 19.0 Å². The maximum absolute atomic E-state index is 13.5. The van der Waals surface area contributed by atoms with Crippen molar-refractivity contribution in [3.05, 3.63) is 77.1 Å². The molecule has 0 N–H and O–H groups in total. The number of urea groups is 1. The lowest BCUT2D eigenvalue weighted by molar-refractivity contribution is 0.218. The topological polar surface area (TPSA) is 93.2 Å². The van der Waals surface area contributed by atoms with Crippen LogP contribution in [0.1, 0.15) is 22.4 Å². The number of hydrogen-bond donors (Lipinski definition) is 0. The highest BCUT2D eigenvalue weighted by molar-refractivity contribution is 5.93. The molecule has 0 aliphatic carbocycles. The van der Waals surface area contributed by atoms with Gasteiger partial charge in [-0.3, -0.25) is 4.90 Å². The summed E-state index contributed by atoms with van der Waals surface area (Å²) in [7, 11) is 4.89. The summed E-state index contributed by atoms with van der Waals surface area (Å²) < 4.78 is 16.2. The number of pyridine rings is 1. The minimum absolute atomic E-state index is 0.0910. The number of aromatic nitrogens is 3. The van der Waals surface area contributed by atoms with Crippen LogP contribution in [0, 0.1) is 13.8 Å². The van der Waals surface area contributed by atoms with Gasteiger partial charge in [-0.15, -0.1) is 0 Å². The molecule has 216 valence electrons. The van der Waals surface area contributed by atoms with E-state index >= 15 is 0 Å². The number of rotatable bonds is 8. The molecule has 2 amide bonds. The highest BCUT2D eigenvalue weighted by Gasteiger charge is 2.32. The Morgan fingerprint density at radius 3 is 2.43 bits per heavy atom. The Balaban J connectivity index is 1.26. The van der Waals surface area contributed by atoms with Gasteiger partial charge in [0, 0.05) is 54.9 Å². The van der Waals surface area contributed by atoms with Gasteiger partial charge < -0.3 is 24.0 Å². The lowest BCUT2D eigenvalue weighted by Crippen LogP contribution is -2.32. The second-order valence-corrected chi connectivity index (χ2v) is 10.5. The number of fused-ring (bicyclic) bond motifs is 1. The molecular formula is C32H34N6O4. The SMILES string of the molecule is COc1ccc(N2CCc3c(-c4nccc(N5CCN(Cc6ccc(OC)c(OC)c6)C5=O)n4)cc(C)nc32)c(C)c1. The number of hydrogen-bond acceptors (Lipinski definition) is 8. The molecule has 0 radical (unpaired) electrons. The Bertz CT molecular complexity index is 1660. The predicted octanol–water partition coefficient (Wildman–Crippen LogP) is 5.32. The minimum atomic E-state index is -0.0910. The number of benzene rings is 2. The van der Waals surface area contributed by atoms with Crippen LogP contribution < -0.4 is 24.0 Å². The smallest absolute Gasteiger partial charge is 0.326 e. The normalized spacial score (nSPS) is 14.4. The molecule has 0 spiro atoms. The molecule has 2 aliphatic rings. The van der Waals surface area contributed by atoms with E-state index < -0.39 is 0 Å². The van der Waals surface area contributed by atoms with Crippen LogP contribution in [0.2, 0.25) is 0 Å². The van der Waals surface area contributed by atoms with Gasteiger partial charge in [-0.2, -0.15) is 0 Å². The Hall–Kier alpha value is -4.86. The number of carbonyl (C=O) groups excluding carboxylic acids is 1. The number of ether oxygens (including phenoxy) is 3. The van der Waals surface area contributed by atoms with Crippen molar-refractivity contribution in [3.8, 4) is 28.6 Å². The highest BCUT2D eigenvalue weighted by Crippen LogP contribution is 2.40. The molecular weight excluding hydrogens is 532 g/mol. The van der Waals surface area contributed by atoms with Crippen molar-refractivity contribution in [1.82, 2.24) is 19.9 Å². The van der Waals surface area contributed by atoms with Crippen LogP contribution in [0.5, 0.6) is 17.2 Å². The summed E-state index contributed by atoms with van der Waals surface area (Å²) in [5, 5.41) is 0. The van der Waals surface area contributed by atoms with Gasteiger partial charge in [-0.05, 0) is 73.9 Å². The van der Waals surface area contributed by atoms with Crippen LogP contribution in [0.4, 0.5) is 22.1 Å². The molecule has 0 atom stereocenters. The maximum atomic E-state index is 13.5. The molecule has 4 heterocycles. The number of amides is 2. The zero-order valence-electron chi connectivity index (χ0n) is 24.5. The van der Waals surface area contributed by atoms with Gasteiger partial charge in [0.25, 0.3) is 0 Å². The van der Waals surface area contributed by atoms with Crippen molar-refractivity contribution in [2.75, 3.05) is 50.8 Å². The lowest BCUT2D eigenvalue weighted by Gasteiger charge is -2.22. The van der Waals surface area contributed by atoms with E-state index in [1.807, 2.05) is 48.2 Å². The monoisotopic (exact) mass is 566 g/mol. The van der Waals surface area contributed by atoms with Crippen LogP contribution in [0.25, 0.3) is 11.4 Å². The van der Waals surface area contributed by atoms with E-state index in [9.17, 15) is 4.79 Å². The summed E-state index contributed by atoms with van der Waals surface area (Å²) >= 11 is 0. The molecule has 0 saturated carbocycles. The molecule has 2 aromatic heterocycles. The van der Waals surface area contributed by atoms with Gasteiger partial charge in [0.2, 0.25) is 0 Å².